The zero-order chi connectivity index (χ0) is 34.5. The van der Waals surface area contributed by atoms with E-state index >= 15 is 0 Å². The van der Waals surface area contributed by atoms with Crippen LogP contribution in [0.4, 0.5) is 5.69 Å². The molecule has 4 rings (SSSR count). The second-order valence-electron chi connectivity index (χ2n) is 12.4. The third kappa shape index (κ3) is 9.29. The van der Waals surface area contributed by atoms with Crippen LogP contribution in [0, 0.1) is 13.8 Å². The largest absolute Gasteiger partial charge is 0.350 e. The SMILES string of the molecule is Cc1ccc(S(=O)(=O)N(CC(=O)N(Cc2c(Cl)cccc2Cl)C(Cc2ccccc2)C(=O)NC(C)(C)C)c2ccc(Cl)cc2C)cc1. The highest BCUT2D eigenvalue weighted by molar-refractivity contribution is 7.92. The number of halogens is 3. The van der Waals surface area contributed by atoms with Crippen molar-refractivity contribution < 1.29 is 18.0 Å². The molecule has 0 radical (unpaired) electrons. The summed E-state index contributed by atoms with van der Waals surface area (Å²) in [6.07, 6.45) is 0.154. The van der Waals surface area contributed by atoms with E-state index in [1.165, 1.54) is 17.0 Å². The van der Waals surface area contributed by atoms with Crippen molar-refractivity contribution in [3.8, 4) is 0 Å². The van der Waals surface area contributed by atoms with Gasteiger partial charge in [-0.3, -0.25) is 13.9 Å². The van der Waals surface area contributed by atoms with Crippen molar-refractivity contribution in [1.82, 2.24) is 10.2 Å². The van der Waals surface area contributed by atoms with Gasteiger partial charge in [0.25, 0.3) is 10.0 Å². The second-order valence-corrected chi connectivity index (χ2v) is 15.5. The standard InChI is InChI=1S/C36H38Cl3N3O4S/c1-24-14-17-28(18-15-24)47(45,46)42(32-19-16-27(37)20-25(32)2)23-34(43)41(22-29-30(38)12-9-13-31(29)39)33(35(44)40-36(3,4)5)21-26-10-7-6-8-11-26/h6-20,33H,21-23H2,1-5H3,(H,40,44). The molecule has 0 aliphatic heterocycles. The lowest BCUT2D eigenvalue weighted by molar-refractivity contribution is -0.140. The van der Waals surface area contributed by atoms with Crippen LogP contribution in [0.5, 0.6) is 0 Å². The molecule has 0 aromatic heterocycles. The molecule has 1 unspecified atom stereocenters. The summed E-state index contributed by atoms with van der Waals surface area (Å²) in [5.41, 5.74) is 2.32. The van der Waals surface area contributed by atoms with E-state index < -0.39 is 40.0 Å². The molecule has 0 bridgehead atoms. The number of anilines is 1. The van der Waals surface area contributed by atoms with Gasteiger partial charge in [-0.05, 0) is 88.2 Å². The van der Waals surface area contributed by atoms with Gasteiger partial charge in [0, 0.05) is 39.1 Å². The predicted molar refractivity (Wildman–Crippen MR) is 191 cm³/mol. The van der Waals surface area contributed by atoms with Gasteiger partial charge >= 0.3 is 0 Å². The third-order valence-corrected chi connectivity index (χ3v) is 10.2. The van der Waals surface area contributed by atoms with Crippen LogP contribution in [-0.2, 0) is 32.6 Å². The quantitative estimate of drug-likeness (QED) is 0.171. The molecular weight excluding hydrogens is 677 g/mol. The fourth-order valence-electron chi connectivity index (χ4n) is 5.11. The molecule has 4 aromatic carbocycles. The van der Waals surface area contributed by atoms with E-state index in [4.69, 9.17) is 34.8 Å². The first kappa shape index (κ1) is 36.3. The molecule has 0 saturated carbocycles. The van der Waals surface area contributed by atoms with Crippen LogP contribution in [0.25, 0.3) is 0 Å². The normalized spacial score (nSPS) is 12.3. The number of carbonyl (C=O) groups is 2. The average Bonchev–Trinajstić information content (AvgIpc) is 2.99. The van der Waals surface area contributed by atoms with E-state index in [9.17, 15) is 18.0 Å². The average molecular weight is 715 g/mol. The lowest BCUT2D eigenvalue weighted by Gasteiger charge is -2.36. The maximum absolute atomic E-state index is 14.7. The maximum atomic E-state index is 14.7. The lowest BCUT2D eigenvalue weighted by Crippen LogP contribution is -2.56. The molecule has 1 N–H and O–H groups in total. The summed E-state index contributed by atoms with van der Waals surface area (Å²) < 4.78 is 29.6. The number of nitrogens with one attached hydrogen (secondary N) is 1. The number of carbonyl (C=O) groups excluding carboxylic acids is 2. The van der Waals surface area contributed by atoms with E-state index in [1.807, 2.05) is 58.0 Å². The van der Waals surface area contributed by atoms with Gasteiger partial charge in [0.1, 0.15) is 12.6 Å². The molecule has 248 valence electrons. The Labute approximate surface area is 292 Å². The van der Waals surface area contributed by atoms with Crippen LogP contribution in [0.15, 0.2) is 95.9 Å². The minimum absolute atomic E-state index is 0.0114. The zero-order valence-electron chi connectivity index (χ0n) is 26.9. The highest BCUT2D eigenvalue weighted by atomic mass is 35.5. The van der Waals surface area contributed by atoms with Crippen molar-refractivity contribution in [2.24, 2.45) is 0 Å². The molecule has 0 spiro atoms. The minimum atomic E-state index is -4.27. The molecule has 0 saturated heterocycles. The van der Waals surface area contributed by atoms with E-state index in [1.54, 1.807) is 55.5 Å². The van der Waals surface area contributed by atoms with Crippen LogP contribution in [0.1, 0.15) is 43.0 Å². The molecule has 0 heterocycles. The number of hydrogen-bond acceptors (Lipinski definition) is 4. The minimum Gasteiger partial charge on any atom is -0.350 e. The predicted octanol–water partition coefficient (Wildman–Crippen LogP) is 8.01. The third-order valence-electron chi connectivity index (χ3n) is 7.47. The molecule has 1 atom stereocenters. The van der Waals surface area contributed by atoms with Crippen molar-refractivity contribution in [3.05, 3.63) is 128 Å². The van der Waals surface area contributed by atoms with E-state index in [0.717, 1.165) is 15.4 Å². The van der Waals surface area contributed by atoms with Crippen LogP contribution >= 0.6 is 34.8 Å². The fourth-order valence-corrected chi connectivity index (χ4v) is 7.33. The van der Waals surface area contributed by atoms with Crippen LogP contribution in [0.3, 0.4) is 0 Å². The molecule has 0 fully saturated rings. The highest BCUT2D eigenvalue weighted by Crippen LogP contribution is 2.31. The first-order chi connectivity index (χ1) is 22.1. The second kappa shape index (κ2) is 15.1. The maximum Gasteiger partial charge on any atom is 0.264 e. The molecule has 11 heteroatoms. The Bertz CT molecular complexity index is 1820. The number of benzene rings is 4. The zero-order valence-corrected chi connectivity index (χ0v) is 30.0. The molecule has 2 amide bonds. The Balaban J connectivity index is 1.88. The van der Waals surface area contributed by atoms with Gasteiger partial charge in [0.2, 0.25) is 11.8 Å². The first-order valence-electron chi connectivity index (χ1n) is 15.0. The molecule has 4 aromatic rings. The van der Waals surface area contributed by atoms with Crippen LogP contribution < -0.4 is 9.62 Å². The summed E-state index contributed by atoms with van der Waals surface area (Å²) in [7, 11) is -4.27. The van der Waals surface area contributed by atoms with Gasteiger partial charge in [-0.15, -0.1) is 0 Å². The summed E-state index contributed by atoms with van der Waals surface area (Å²) in [4.78, 5) is 30.1. The van der Waals surface area contributed by atoms with Crippen molar-refractivity contribution in [1.29, 1.82) is 0 Å². The Kier molecular flexibility index (Phi) is 11.7. The van der Waals surface area contributed by atoms with Gasteiger partial charge in [0.05, 0.1) is 10.6 Å². The molecule has 47 heavy (non-hydrogen) atoms. The van der Waals surface area contributed by atoms with Gasteiger partial charge < -0.3 is 10.2 Å². The van der Waals surface area contributed by atoms with Crippen molar-refractivity contribution >= 4 is 62.3 Å². The van der Waals surface area contributed by atoms with Gasteiger partial charge in [-0.1, -0.05) is 88.9 Å². The number of aryl methyl sites for hydroxylation is 2. The highest BCUT2D eigenvalue weighted by Gasteiger charge is 2.36. The van der Waals surface area contributed by atoms with Gasteiger partial charge in [-0.25, -0.2) is 8.42 Å². The number of hydrogen-bond donors (Lipinski definition) is 1. The van der Waals surface area contributed by atoms with Gasteiger partial charge in [0.15, 0.2) is 0 Å². The van der Waals surface area contributed by atoms with Gasteiger partial charge in [-0.2, -0.15) is 0 Å². The van der Waals surface area contributed by atoms with Crippen LogP contribution in [0.2, 0.25) is 15.1 Å². The first-order valence-corrected chi connectivity index (χ1v) is 17.6. The molecular formula is C36H38Cl3N3O4S. The van der Waals surface area contributed by atoms with Crippen molar-refractivity contribution in [2.45, 2.75) is 64.1 Å². The molecule has 7 nitrogen and oxygen atoms in total. The Hall–Kier alpha value is -3.56. The number of amides is 2. The lowest BCUT2D eigenvalue weighted by atomic mass is 10.0. The van der Waals surface area contributed by atoms with E-state index in [-0.39, 0.29) is 23.5 Å². The number of nitrogens with zero attached hydrogens (tertiary/aromatic N) is 2. The smallest absolute Gasteiger partial charge is 0.264 e. The van der Waals surface area contributed by atoms with Crippen molar-refractivity contribution in [2.75, 3.05) is 10.8 Å². The Morgan fingerprint density at radius 1 is 0.830 bits per heavy atom. The summed E-state index contributed by atoms with van der Waals surface area (Å²) in [5.74, 6) is -1.04. The number of rotatable bonds is 11. The fraction of sp³-hybridized carbons (Fsp3) is 0.278. The monoisotopic (exact) mass is 713 g/mol. The molecule has 0 aliphatic rings. The molecule has 0 aliphatic carbocycles. The van der Waals surface area contributed by atoms with Crippen molar-refractivity contribution in [3.63, 3.8) is 0 Å². The van der Waals surface area contributed by atoms with E-state index in [0.29, 0.717) is 26.2 Å². The number of sulfonamides is 1. The Morgan fingerprint density at radius 2 is 1.45 bits per heavy atom. The summed E-state index contributed by atoms with van der Waals surface area (Å²) in [6, 6.07) is 24.4. The summed E-state index contributed by atoms with van der Waals surface area (Å²) in [6.45, 7) is 8.36. The summed E-state index contributed by atoms with van der Waals surface area (Å²) >= 11 is 19.4. The van der Waals surface area contributed by atoms with Crippen LogP contribution in [-0.4, -0.2) is 43.3 Å². The topological polar surface area (TPSA) is 86.8 Å². The van der Waals surface area contributed by atoms with E-state index in [2.05, 4.69) is 5.32 Å². The Morgan fingerprint density at radius 3 is 2.02 bits per heavy atom. The summed E-state index contributed by atoms with van der Waals surface area (Å²) in [5, 5.41) is 4.04.